The second-order valence-electron chi connectivity index (χ2n) is 4.88. The highest BCUT2D eigenvalue weighted by atomic mass is 16.2. The van der Waals surface area contributed by atoms with E-state index in [-0.39, 0.29) is 23.8 Å². The minimum Gasteiger partial charge on any atom is -0.328 e. The van der Waals surface area contributed by atoms with Crippen molar-refractivity contribution in [2.75, 3.05) is 7.05 Å². The van der Waals surface area contributed by atoms with Crippen LogP contribution < -0.4 is 5.32 Å². The van der Waals surface area contributed by atoms with E-state index in [0.717, 1.165) is 32.1 Å². The molecule has 2 rings (SSSR count). The molecule has 0 aromatic heterocycles. The Morgan fingerprint density at radius 3 is 2.69 bits per heavy atom. The number of nitrogens with one attached hydrogen (secondary N) is 1. The molecule has 0 aromatic carbocycles. The first-order valence-electron chi connectivity index (χ1n) is 6.15. The molecule has 4 nitrogen and oxygen atoms in total. The topological polar surface area (TPSA) is 49.4 Å². The number of carbonyl (C=O) groups excluding carboxylic acids is 2. The van der Waals surface area contributed by atoms with Gasteiger partial charge in [-0.05, 0) is 46.1 Å². The highest BCUT2D eigenvalue weighted by Crippen LogP contribution is 2.31. The Balaban J connectivity index is 2.22. The second kappa shape index (κ2) is 4.53. The third-order valence-electron chi connectivity index (χ3n) is 3.90. The fraction of sp³-hybridized carbons (Fsp3) is 0.833. The molecule has 0 spiro atoms. The number of rotatable bonds is 2. The highest BCUT2D eigenvalue weighted by molar-refractivity contribution is 5.90. The van der Waals surface area contributed by atoms with Crippen molar-refractivity contribution in [3.05, 3.63) is 0 Å². The number of likely N-dealkylation sites (N-methyl/N-ethyl adjacent to an activating group) is 1. The van der Waals surface area contributed by atoms with Gasteiger partial charge in [-0.1, -0.05) is 0 Å². The number of hydrogen-bond acceptors (Lipinski definition) is 3. The second-order valence-corrected chi connectivity index (χ2v) is 4.88. The van der Waals surface area contributed by atoms with E-state index >= 15 is 0 Å². The van der Waals surface area contributed by atoms with Gasteiger partial charge in [0.05, 0.1) is 12.1 Å². The minimum absolute atomic E-state index is 0.0926. The van der Waals surface area contributed by atoms with E-state index in [1.54, 1.807) is 6.92 Å². The van der Waals surface area contributed by atoms with Crippen LogP contribution in [0.3, 0.4) is 0 Å². The van der Waals surface area contributed by atoms with Crippen LogP contribution >= 0.6 is 0 Å². The maximum absolute atomic E-state index is 12.3. The summed E-state index contributed by atoms with van der Waals surface area (Å²) in [6.45, 7) is 1.60. The minimum atomic E-state index is -0.161. The van der Waals surface area contributed by atoms with E-state index in [4.69, 9.17) is 0 Å². The Labute approximate surface area is 96.4 Å². The monoisotopic (exact) mass is 224 g/mol. The van der Waals surface area contributed by atoms with E-state index in [1.807, 2.05) is 11.9 Å². The van der Waals surface area contributed by atoms with Gasteiger partial charge in [-0.25, -0.2) is 0 Å². The number of nitrogens with zero attached hydrogens (tertiary/aromatic N) is 1. The summed E-state index contributed by atoms with van der Waals surface area (Å²) in [5.41, 5.74) is 0. The van der Waals surface area contributed by atoms with Gasteiger partial charge in [-0.2, -0.15) is 0 Å². The normalized spacial score (nSPS) is 34.8. The number of hydrogen-bond donors (Lipinski definition) is 1. The molecule has 0 aromatic rings. The first-order chi connectivity index (χ1) is 7.65. The summed E-state index contributed by atoms with van der Waals surface area (Å²) in [5, 5.41) is 3.06. The lowest BCUT2D eigenvalue weighted by molar-refractivity contribution is -0.140. The van der Waals surface area contributed by atoms with E-state index in [9.17, 15) is 9.59 Å². The molecule has 0 bridgehead atoms. The summed E-state index contributed by atoms with van der Waals surface area (Å²) in [4.78, 5) is 25.7. The van der Waals surface area contributed by atoms with Crippen LogP contribution in [-0.4, -0.2) is 41.8 Å². The summed E-state index contributed by atoms with van der Waals surface area (Å²) in [6.07, 6.45) is 4.86. The molecule has 3 unspecified atom stereocenters. The molecule has 1 amide bonds. The van der Waals surface area contributed by atoms with Crippen LogP contribution in [0.5, 0.6) is 0 Å². The first-order valence-corrected chi connectivity index (χ1v) is 6.15. The van der Waals surface area contributed by atoms with Gasteiger partial charge in [0.25, 0.3) is 0 Å². The molecular formula is C12H20N2O2. The zero-order valence-electron chi connectivity index (χ0n) is 10.0. The van der Waals surface area contributed by atoms with Gasteiger partial charge in [0.1, 0.15) is 0 Å². The molecule has 3 atom stereocenters. The van der Waals surface area contributed by atoms with Gasteiger partial charge in [0.15, 0.2) is 5.78 Å². The summed E-state index contributed by atoms with van der Waals surface area (Å²) in [7, 11) is 1.82. The molecule has 2 saturated heterocycles. The van der Waals surface area contributed by atoms with Crippen LogP contribution in [0.2, 0.25) is 0 Å². The molecule has 2 heterocycles. The van der Waals surface area contributed by atoms with Gasteiger partial charge in [-0.3, -0.25) is 9.59 Å². The van der Waals surface area contributed by atoms with Crippen molar-refractivity contribution in [3.8, 4) is 0 Å². The average molecular weight is 224 g/mol. The predicted molar refractivity (Wildman–Crippen MR) is 61.0 cm³/mol. The number of Topliss-reactive ketones (excluding diaryl/α,β-unsaturated/α-hetero) is 1. The average Bonchev–Trinajstić information content (AvgIpc) is 2.61. The molecule has 2 fully saturated rings. The molecule has 0 radical (unpaired) electrons. The van der Waals surface area contributed by atoms with E-state index in [0.29, 0.717) is 6.04 Å². The van der Waals surface area contributed by atoms with Crippen LogP contribution in [0, 0.1) is 0 Å². The van der Waals surface area contributed by atoms with E-state index in [1.165, 1.54) is 0 Å². The van der Waals surface area contributed by atoms with Gasteiger partial charge in [0, 0.05) is 6.04 Å². The third-order valence-corrected chi connectivity index (χ3v) is 3.90. The van der Waals surface area contributed by atoms with Gasteiger partial charge in [0.2, 0.25) is 5.91 Å². The first kappa shape index (κ1) is 11.6. The van der Waals surface area contributed by atoms with Crippen molar-refractivity contribution >= 4 is 11.7 Å². The molecule has 90 valence electrons. The number of amides is 1. The summed E-state index contributed by atoms with van der Waals surface area (Å²) >= 11 is 0. The molecule has 0 aliphatic carbocycles. The van der Waals surface area contributed by atoms with Crippen molar-refractivity contribution in [2.45, 2.75) is 57.2 Å². The Bertz CT molecular complexity index is 303. The van der Waals surface area contributed by atoms with Crippen molar-refractivity contribution in [1.82, 2.24) is 10.2 Å². The standard InChI is InChI=1S/C12H20N2O2/c1-8(15)11-7-6-9-4-3-5-10(13-2)12(16)14(9)11/h9-11,13H,3-7H2,1-2H3. The lowest BCUT2D eigenvalue weighted by Gasteiger charge is -2.29. The zero-order valence-corrected chi connectivity index (χ0v) is 10.0. The largest absolute Gasteiger partial charge is 0.328 e. The fourth-order valence-corrected chi connectivity index (χ4v) is 3.03. The maximum Gasteiger partial charge on any atom is 0.240 e. The lowest BCUT2D eigenvalue weighted by Crippen LogP contribution is -2.50. The summed E-state index contributed by atoms with van der Waals surface area (Å²) in [6, 6.07) is 0.0520. The maximum atomic E-state index is 12.3. The quantitative estimate of drug-likeness (QED) is 0.751. The Morgan fingerprint density at radius 1 is 1.31 bits per heavy atom. The van der Waals surface area contributed by atoms with Crippen LogP contribution in [0.15, 0.2) is 0 Å². The fourth-order valence-electron chi connectivity index (χ4n) is 3.03. The lowest BCUT2D eigenvalue weighted by atomic mass is 10.1. The third kappa shape index (κ3) is 1.86. The molecule has 0 saturated carbocycles. The van der Waals surface area contributed by atoms with Crippen LogP contribution in [0.4, 0.5) is 0 Å². The number of fused-ring (bicyclic) bond motifs is 1. The summed E-state index contributed by atoms with van der Waals surface area (Å²) in [5.74, 6) is 0.260. The van der Waals surface area contributed by atoms with Gasteiger partial charge < -0.3 is 10.2 Å². The van der Waals surface area contributed by atoms with Crippen LogP contribution in [-0.2, 0) is 9.59 Å². The van der Waals surface area contributed by atoms with Crippen molar-refractivity contribution in [2.24, 2.45) is 0 Å². The predicted octanol–water partition coefficient (Wildman–Crippen LogP) is 0.707. The van der Waals surface area contributed by atoms with E-state index < -0.39 is 0 Å². The van der Waals surface area contributed by atoms with Gasteiger partial charge >= 0.3 is 0 Å². The molecule has 2 aliphatic heterocycles. The smallest absolute Gasteiger partial charge is 0.240 e. The Morgan fingerprint density at radius 2 is 2.06 bits per heavy atom. The molecule has 16 heavy (non-hydrogen) atoms. The highest BCUT2D eigenvalue weighted by Gasteiger charge is 2.42. The molecular weight excluding hydrogens is 204 g/mol. The molecule has 2 aliphatic rings. The summed E-state index contributed by atoms with van der Waals surface area (Å²) < 4.78 is 0. The molecule has 1 N–H and O–H groups in total. The Hall–Kier alpha value is -0.900. The van der Waals surface area contributed by atoms with Gasteiger partial charge in [-0.15, -0.1) is 0 Å². The number of ketones is 1. The van der Waals surface area contributed by atoms with Crippen molar-refractivity contribution < 1.29 is 9.59 Å². The number of carbonyl (C=O) groups is 2. The SMILES string of the molecule is CNC1CCCC2CCC(C(C)=O)N2C1=O. The van der Waals surface area contributed by atoms with Crippen molar-refractivity contribution in [1.29, 1.82) is 0 Å². The molecule has 4 heteroatoms. The Kier molecular flexibility index (Phi) is 3.28. The van der Waals surface area contributed by atoms with E-state index in [2.05, 4.69) is 5.32 Å². The zero-order chi connectivity index (χ0) is 11.7. The van der Waals surface area contributed by atoms with Crippen LogP contribution in [0.1, 0.15) is 39.0 Å². The van der Waals surface area contributed by atoms with Crippen LogP contribution in [0.25, 0.3) is 0 Å². The van der Waals surface area contributed by atoms with Crippen molar-refractivity contribution in [3.63, 3.8) is 0 Å².